The van der Waals surface area contributed by atoms with Crippen LogP contribution in [0.5, 0.6) is 11.8 Å². The number of aromatic nitrogens is 9. The lowest BCUT2D eigenvalue weighted by molar-refractivity contribution is -0.142. The Morgan fingerprint density at radius 1 is 0.923 bits per heavy atom. The largest absolute Gasteiger partial charge is 0.486 e. The van der Waals surface area contributed by atoms with Gasteiger partial charge in [-0.3, -0.25) is 14.7 Å². The van der Waals surface area contributed by atoms with Crippen molar-refractivity contribution in [1.82, 2.24) is 60.9 Å². The zero-order chi connectivity index (χ0) is 54.4. The molecule has 78 heavy (non-hydrogen) atoms. The zero-order valence-electron chi connectivity index (χ0n) is 43.0. The molecule has 3 saturated heterocycles. The summed E-state index contributed by atoms with van der Waals surface area (Å²) in [6, 6.07) is 17.6. The molecule has 4 aromatic carbocycles. The summed E-state index contributed by atoms with van der Waals surface area (Å²) in [4.78, 5) is 42.0. The smallest absolute Gasteiger partial charge is 0.319 e. The first kappa shape index (κ1) is 52.6. The molecule has 8 aromatic rings. The number of methoxy groups -OCH3 is 1. The van der Waals surface area contributed by atoms with E-state index < -0.39 is 48.5 Å². The second-order valence-corrected chi connectivity index (χ2v) is 21.1. The van der Waals surface area contributed by atoms with Crippen molar-refractivity contribution in [2.45, 2.75) is 82.6 Å². The molecule has 0 spiro atoms. The summed E-state index contributed by atoms with van der Waals surface area (Å²) in [6.45, 7) is 6.83. The molecule has 4 aromatic heterocycles. The van der Waals surface area contributed by atoms with Crippen molar-refractivity contribution >= 4 is 62.6 Å². The molecule has 3 aliphatic rings. The molecule has 3 fully saturated rings. The number of amides is 2. The molecule has 7 atom stereocenters. The monoisotopic (exact) mass is 1100 g/mol. The summed E-state index contributed by atoms with van der Waals surface area (Å²) in [7, 11) is 1.60. The van der Waals surface area contributed by atoms with Gasteiger partial charge in [-0.05, 0) is 48.1 Å². The van der Waals surface area contributed by atoms with Crippen LogP contribution in [-0.2, 0) is 20.9 Å². The van der Waals surface area contributed by atoms with Crippen LogP contribution >= 0.6 is 23.2 Å². The number of carbonyl (C=O) groups is 2. The molecular formula is C55H56Cl2FN13O7. The number of hydrogen-bond acceptors (Lipinski definition) is 16. The number of fused-ring (bicyclic) bond motifs is 4. The topological polar surface area (TPSA) is 244 Å². The number of hydrogen-bond donors (Lipinski definition) is 5. The number of nitrogens with zero attached hydrogens (tertiary/aromatic N) is 10. The van der Waals surface area contributed by atoms with E-state index in [1.54, 1.807) is 38.0 Å². The zero-order valence-corrected chi connectivity index (χ0v) is 44.5. The van der Waals surface area contributed by atoms with Gasteiger partial charge in [0.1, 0.15) is 48.1 Å². The van der Waals surface area contributed by atoms with Gasteiger partial charge in [0.25, 0.3) is 0 Å². The number of H-pyrrole nitrogens is 1. The molecule has 0 unspecified atom stereocenters. The minimum Gasteiger partial charge on any atom is -0.486 e. The maximum atomic E-state index is 15.7. The van der Waals surface area contributed by atoms with Crippen LogP contribution in [0.15, 0.2) is 91.5 Å². The van der Waals surface area contributed by atoms with Gasteiger partial charge in [-0.2, -0.15) is 25.3 Å². The molecule has 23 heteroatoms. The number of rotatable bonds is 18. The van der Waals surface area contributed by atoms with E-state index in [1.807, 2.05) is 75.4 Å². The highest BCUT2D eigenvalue weighted by Gasteiger charge is 2.44. The number of halogens is 3. The normalized spacial score (nSPS) is 19.3. The predicted octanol–water partition coefficient (Wildman–Crippen LogP) is 6.89. The van der Waals surface area contributed by atoms with E-state index in [0.29, 0.717) is 56.6 Å². The number of aliphatic hydroxyl groups is 2. The van der Waals surface area contributed by atoms with Gasteiger partial charge in [0.2, 0.25) is 11.8 Å². The Bertz CT molecular complexity index is 3500. The Morgan fingerprint density at radius 2 is 1.72 bits per heavy atom. The number of ether oxygens (including phenoxy) is 3. The molecule has 11 rings (SSSR count). The first-order chi connectivity index (χ1) is 37.8. The van der Waals surface area contributed by atoms with Crippen LogP contribution in [0.1, 0.15) is 56.8 Å². The highest BCUT2D eigenvalue weighted by Crippen LogP contribution is 2.50. The van der Waals surface area contributed by atoms with E-state index >= 15 is 4.39 Å². The summed E-state index contributed by atoms with van der Waals surface area (Å²) < 4.78 is 35.7. The van der Waals surface area contributed by atoms with E-state index in [0.717, 1.165) is 29.7 Å². The average Bonchev–Trinajstić information content (AvgIpc) is 4.47. The summed E-state index contributed by atoms with van der Waals surface area (Å²) >= 11 is 14.2. The Morgan fingerprint density at radius 3 is 2.42 bits per heavy atom. The maximum Gasteiger partial charge on any atom is 0.319 e. The number of aromatic amines is 1. The minimum atomic E-state index is -1.01. The summed E-state index contributed by atoms with van der Waals surface area (Å²) in [5.74, 6) is -1.05. The van der Waals surface area contributed by atoms with E-state index in [1.165, 1.54) is 15.6 Å². The van der Waals surface area contributed by atoms with Gasteiger partial charge in [0, 0.05) is 84.3 Å². The van der Waals surface area contributed by atoms with Crippen LogP contribution in [0.4, 0.5) is 10.2 Å². The number of benzene rings is 4. The Kier molecular flexibility index (Phi) is 15.0. The average molecular weight is 1100 g/mol. The maximum absolute atomic E-state index is 15.7. The molecule has 0 saturated carbocycles. The van der Waals surface area contributed by atoms with Crippen molar-refractivity contribution in [2.75, 3.05) is 44.9 Å². The fourth-order valence-corrected chi connectivity index (χ4v) is 11.2. The first-order valence-corrected chi connectivity index (χ1v) is 26.4. The molecule has 5 N–H and O–H groups in total. The molecule has 0 aliphatic carbocycles. The first-order valence-electron chi connectivity index (χ1n) is 25.7. The number of aliphatic hydroxyl groups excluding tert-OH is 2. The highest BCUT2D eigenvalue weighted by atomic mass is 35.5. The standard InChI is InChI=1S/C55H56Cl2FN13O7/c1-28(2)50(54(75)70-23-37(73)16-45(70)53(74)63-44(25-72)33-11-9-31(10-12-33)34-13-14-60-61-19-34)71-24-43(67-68-71)32-7-5-30(6-8-32)27-77-51-47(46-39-21-62-66-42(39)18-41(58)48(46)57)40(56)17-38-49(51)64-55(78-26-29(3)76-4)65-52(38)69-22-35-15-36(69)20-59-35/h5-14,17-19,21,24,28-29,35-37,44-45,50,59,72-73H,15-16,20,22-23,25-27H2,1-4H3,(H,62,66)(H,63,74)/t29-,35-,36-,37+,44-,45-,50-/m0/s1. The second-order valence-electron chi connectivity index (χ2n) is 20.3. The number of piperazine rings is 1. The van der Waals surface area contributed by atoms with Crippen LogP contribution in [0.2, 0.25) is 10.0 Å². The fourth-order valence-electron chi connectivity index (χ4n) is 10.7. The van der Waals surface area contributed by atoms with E-state index in [9.17, 15) is 19.8 Å². The third kappa shape index (κ3) is 10.3. The number of likely N-dealkylation sites (tertiary alicyclic amines) is 1. The number of nitrogens with one attached hydrogen (secondary N) is 3. The van der Waals surface area contributed by atoms with Gasteiger partial charge >= 0.3 is 6.01 Å². The summed E-state index contributed by atoms with van der Waals surface area (Å²) in [5, 5.41) is 52.5. The van der Waals surface area contributed by atoms with Crippen LogP contribution < -0.4 is 25.0 Å². The van der Waals surface area contributed by atoms with Crippen molar-refractivity contribution in [3.05, 3.63) is 119 Å². The van der Waals surface area contributed by atoms with E-state index in [2.05, 4.69) is 46.2 Å². The van der Waals surface area contributed by atoms with Crippen LogP contribution in [0, 0.1) is 11.7 Å². The Labute approximate surface area is 457 Å². The molecule has 0 radical (unpaired) electrons. The highest BCUT2D eigenvalue weighted by molar-refractivity contribution is 6.39. The lowest BCUT2D eigenvalue weighted by Crippen LogP contribution is -2.50. The number of β-amino-alcohol motifs (C(OH)–C–C–N with tert-alkyl or cyclic N) is 1. The molecule has 2 bridgehead atoms. The molecule has 404 valence electrons. The lowest BCUT2D eigenvalue weighted by Gasteiger charge is -2.30. The lowest BCUT2D eigenvalue weighted by atomic mass is 9.98. The second kappa shape index (κ2) is 22.2. The van der Waals surface area contributed by atoms with Crippen molar-refractivity contribution in [3.63, 3.8) is 0 Å². The van der Waals surface area contributed by atoms with Crippen molar-refractivity contribution < 1.29 is 38.4 Å². The van der Waals surface area contributed by atoms with Gasteiger partial charge < -0.3 is 44.9 Å². The van der Waals surface area contributed by atoms with Crippen LogP contribution in [0.3, 0.4) is 0 Å². The Hall–Kier alpha value is -7.40. The molecule has 3 aliphatic heterocycles. The molecular weight excluding hydrogens is 1040 g/mol. The van der Waals surface area contributed by atoms with E-state index in [4.69, 9.17) is 47.4 Å². The quantitative estimate of drug-likeness (QED) is 0.0588. The third-order valence-electron chi connectivity index (χ3n) is 14.8. The molecule has 2 amide bonds. The molecule has 7 heterocycles. The predicted molar refractivity (Wildman–Crippen MR) is 289 cm³/mol. The molecule has 20 nitrogen and oxygen atoms in total. The van der Waals surface area contributed by atoms with Gasteiger partial charge in [-0.15, -0.1) is 5.10 Å². The fraction of sp³-hybridized carbons (Fsp3) is 0.364. The minimum absolute atomic E-state index is 0.00139. The van der Waals surface area contributed by atoms with Crippen molar-refractivity contribution in [2.24, 2.45) is 5.92 Å². The summed E-state index contributed by atoms with van der Waals surface area (Å²) in [6.07, 6.45) is 6.23. The van der Waals surface area contributed by atoms with Crippen molar-refractivity contribution in [1.29, 1.82) is 0 Å². The van der Waals surface area contributed by atoms with Crippen molar-refractivity contribution in [3.8, 4) is 45.3 Å². The SMILES string of the molecule is CO[C@@H](C)COc1nc(N2C[C@@H]3C[C@H]2CN3)c2cc(Cl)c(-c3c(Cl)c(F)cc4[nH]ncc34)c(OCc3ccc(-c4cn([C@H](C(=O)N5C[C@H](O)C[C@H]5C(=O)N[C@@H](CO)c5ccc(-c6ccnnc6)cc5)C(C)C)nn4)cc3)c2n1. The summed E-state index contributed by atoms with van der Waals surface area (Å²) in [5.41, 5.74) is 5.67. The number of anilines is 1. The van der Waals surface area contributed by atoms with Gasteiger partial charge in [0.05, 0.1) is 65.2 Å². The van der Waals surface area contributed by atoms with Gasteiger partial charge in [-0.25, -0.2) is 9.07 Å². The van der Waals surface area contributed by atoms with Crippen LogP contribution in [0.25, 0.3) is 55.3 Å². The third-order valence-corrected chi connectivity index (χ3v) is 15.5. The Balaban J connectivity index is 0.855. The van der Waals surface area contributed by atoms with Crippen LogP contribution in [-0.4, -0.2) is 143 Å². The van der Waals surface area contributed by atoms with E-state index in [-0.39, 0.29) is 77.7 Å². The van der Waals surface area contributed by atoms with Gasteiger partial charge in [-0.1, -0.05) is 90.8 Å². The number of carbonyl (C=O) groups excluding carboxylic acids is 2. The van der Waals surface area contributed by atoms with Gasteiger partial charge in [0.15, 0.2) is 5.75 Å².